The van der Waals surface area contributed by atoms with E-state index in [0.717, 1.165) is 18.7 Å². The van der Waals surface area contributed by atoms with E-state index in [0.29, 0.717) is 5.92 Å². The Labute approximate surface area is 91.9 Å². The molecule has 0 aliphatic carbocycles. The maximum absolute atomic E-state index is 9.05. The number of hydrogen-bond acceptors (Lipinski definition) is 2. The van der Waals surface area contributed by atoms with Gasteiger partial charge in [0.15, 0.2) is 0 Å². The Bertz CT molecular complexity index is 311. The average Bonchev–Trinajstić information content (AvgIpc) is 2.25. The van der Waals surface area contributed by atoms with Crippen LogP contribution in [0.1, 0.15) is 25.3 Å². The highest BCUT2D eigenvalue weighted by Crippen LogP contribution is 2.13. The normalized spacial score (nSPS) is 12.4. The van der Waals surface area contributed by atoms with Gasteiger partial charge in [-0.2, -0.15) is 5.26 Å². The topological polar surface area (TPSA) is 35.8 Å². The smallest absolute Gasteiger partial charge is 0.0837 e. The molecule has 1 aromatic carbocycles. The van der Waals surface area contributed by atoms with Crippen molar-refractivity contribution in [2.24, 2.45) is 5.92 Å². The summed E-state index contributed by atoms with van der Waals surface area (Å²) < 4.78 is 0. The van der Waals surface area contributed by atoms with E-state index in [-0.39, 0.29) is 5.92 Å². The number of hydrogen-bond donors (Lipinski definition) is 1. The monoisotopic (exact) mass is 202 g/mol. The molecule has 1 aromatic rings. The number of nitrogens with one attached hydrogen (secondary N) is 1. The molecule has 0 radical (unpaired) electrons. The minimum Gasteiger partial charge on any atom is -0.315 e. The number of rotatable bonds is 5. The lowest BCUT2D eigenvalue weighted by atomic mass is 10.0. The van der Waals surface area contributed by atoms with Gasteiger partial charge in [-0.15, -0.1) is 0 Å². The summed E-state index contributed by atoms with van der Waals surface area (Å²) in [5.41, 5.74) is 1.09. The molecular weight excluding hydrogens is 184 g/mol. The molecule has 0 fully saturated rings. The molecule has 0 saturated carbocycles. The molecule has 1 rings (SSSR count). The standard InChI is InChI=1S/C13H18N2/c1-11(2)9-15-10-13(8-14)12-6-4-3-5-7-12/h3-7,11,13,15H,9-10H2,1-2H3. The van der Waals surface area contributed by atoms with Crippen molar-refractivity contribution < 1.29 is 0 Å². The summed E-state index contributed by atoms with van der Waals surface area (Å²) in [6.45, 7) is 6.03. The third-order valence-corrected chi connectivity index (χ3v) is 2.26. The molecule has 0 bridgehead atoms. The molecule has 0 amide bonds. The average molecular weight is 202 g/mol. The van der Waals surface area contributed by atoms with Gasteiger partial charge in [-0.3, -0.25) is 0 Å². The van der Waals surface area contributed by atoms with Crippen LogP contribution in [-0.2, 0) is 0 Å². The zero-order valence-corrected chi connectivity index (χ0v) is 9.40. The van der Waals surface area contributed by atoms with Gasteiger partial charge in [-0.1, -0.05) is 44.2 Å². The van der Waals surface area contributed by atoms with Crippen LogP contribution in [0.5, 0.6) is 0 Å². The second kappa shape index (κ2) is 6.21. The van der Waals surface area contributed by atoms with Crippen molar-refractivity contribution in [2.45, 2.75) is 19.8 Å². The zero-order valence-electron chi connectivity index (χ0n) is 9.40. The summed E-state index contributed by atoms with van der Waals surface area (Å²) in [4.78, 5) is 0. The van der Waals surface area contributed by atoms with Gasteiger partial charge in [0, 0.05) is 6.54 Å². The Hall–Kier alpha value is -1.33. The van der Waals surface area contributed by atoms with Crippen LogP contribution < -0.4 is 5.32 Å². The van der Waals surface area contributed by atoms with Crippen molar-refractivity contribution in [3.05, 3.63) is 35.9 Å². The van der Waals surface area contributed by atoms with Gasteiger partial charge in [0.2, 0.25) is 0 Å². The third kappa shape index (κ3) is 4.14. The van der Waals surface area contributed by atoms with Crippen LogP contribution in [-0.4, -0.2) is 13.1 Å². The molecule has 1 atom stereocenters. The van der Waals surface area contributed by atoms with Crippen LogP contribution in [0.4, 0.5) is 0 Å². The van der Waals surface area contributed by atoms with Crippen molar-refractivity contribution in [1.82, 2.24) is 5.32 Å². The van der Waals surface area contributed by atoms with E-state index >= 15 is 0 Å². The number of nitrogens with zero attached hydrogens (tertiary/aromatic N) is 1. The summed E-state index contributed by atoms with van der Waals surface area (Å²) in [6.07, 6.45) is 0. The van der Waals surface area contributed by atoms with Crippen LogP contribution in [0.2, 0.25) is 0 Å². The van der Waals surface area contributed by atoms with Gasteiger partial charge in [-0.25, -0.2) is 0 Å². The van der Waals surface area contributed by atoms with Crippen molar-refractivity contribution in [3.63, 3.8) is 0 Å². The van der Waals surface area contributed by atoms with Crippen LogP contribution in [0.15, 0.2) is 30.3 Å². The second-order valence-electron chi connectivity index (χ2n) is 4.14. The van der Waals surface area contributed by atoms with E-state index in [9.17, 15) is 0 Å². The van der Waals surface area contributed by atoms with E-state index < -0.39 is 0 Å². The largest absolute Gasteiger partial charge is 0.315 e. The second-order valence-corrected chi connectivity index (χ2v) is 4.14. The molecule has 0 aromatic heterocycles. The Morgan fingerprint density at radius 2 is 1.87 bits per heavy atom. The van der Waals surface area contributed by atoms with E-state index in [1.54, 1.807) is 0 Å². The van der Waals surface area contributed by atoms with Gasteiger partial charge in [-0.05, 0) is 18.0 Å². The molecule has 2 heteroatoms. The van der Waals surface area contributed by atoms with Crippen molar-refractivity contribution in [2.75, 3.05) is 13.1 Å². The van der Waals surface area contributed by atoms with E-state index in [2.05, 4.69) is 25.2 Å². The fourth-order valence-electron chi connectivity index (χ4n) is 1.44. The number of nitriles is 1. The van der Waals surface area contributed by atoms with E-state index in [1.807, 2.05) is 30.3 Å². The molecule has 15 heavy (non-hydrogen) atoms. The Kier molecular flexibility index (Phi) is 4.86. The molecule has 0 aliphatic rings. The van der Waals surface area contributed by atoms with E-state index in [4.69, 9.17) is 5.26 Å². The minimum atomic E-state index is -0.0371. The van der Waals surface area contributed by atoms with Gasteiger partial charge >= 0.3 is 0 Å². The first-order chi connectivity index (χ1) is 7.24. The van der Waals surface area contributed by atoms with Crippen molar-refractivity contribution in [3.8, 4) is 6.07 Å². The molecular formula is C13H18N2. The fraction of sp³-hybridized carbons (Fsp3) is 0.462. The zero-order chi connectivity index (χ0) is 11.1. The first-order valence-electron chi connectivity index (χ1n) is 5.39. The quantitative estimate of drug-likeness (QED) is 0.796. The molecule has 0 heterocycles. The SMILES string of the molecule is CC(C)CNCC(C#N)c1ccccc1. The fourth-order valence-corrected chi connectivity index (χ4v) is 1.44. The molecule has 0 aliphatic heterocycles. The molecule has 2 nitrogen and oxygen atoms in total. The molecule has 1 unspecified atom stereocenters. The summed E-state index contributed by atoms with van der Waals surface area (Å²) in [5.74, 6) is 0.588. The maximum atomic E-state index is 9.05. The maximum Gasteiger partial charge on any atom is 0.0837 e. The van der Waals surface area contributed by atoms with E-state index in [1.165, 1.54) is 0 Å². The lowest BCUT2D eigenvalue weighted by Gasteiger charge is -2.12. The molecule has 0 spiro atoms. The molecule has 80 valence electrons. The lowest BCUT2D eigenvalue weighted by Crippen LogP contribution is -2.24. The summed E-state index contributed by atoms with van der Waals surface area (Å²) in [7, 11) is 0. The summed E-state index contributed by atoms with van der Waals surface area (Å²) in [6, 6.07) is 12.3. The summed E-state index contributed by atoms with van der Waals surface area (Å²) >= 11 is 0. The first kappa shape index (κ1) is 11.7. The van der Waals surface area contributed by atoms with Gasteiger partial charge in [0.1, 0.15) is 0 Å². The van der Waals surface area contributed by atoms with Gasteiger partial charge in [0.25, 0.3) is 0 Å². The van der Waals surface area contributed by atoms with Crippen LogP contribution >= 0.6 is 0 Å². The summed E-state index contributed by atoms with van der Waals surface area (Å²) in [5, 5.41) is 12.4. The predicted molar refractivity (Wildman–Crippen MR) is 62.5 cm³/mol. The van der Waals surface area contributed by atoms with Gasteiger partial charge in [0.05, 0.1) is 12.0 Å². The first-order valence-corrected chi connectivity index (χ1v) is 5.39. The highest BCUT2D eigenvalue weighted by molar-refractivity contribution is 5.24. The Balaban J connectivity index is 2.48. The highest BCUT2D eigenvalue weighted by atomic mass is 14.9. The minimum absolute atomic E-state index is 0.0371. The molecule has 1 N–H and O–H groups in total. The molecule has 0 saturated heterocycles. The third-order valence-electron chi connectivity index (χ3n) is 2.26. The number of benzene rings is 1. The Morgan fingerprint density at radius 1 is 1.20 bits per heavy atom. The Morgan fingerprint density at radius 3 is 2.40 bits per heavy atom. The van der Waals surface area contributed by atoms with Crippen LogP contribution in [0, 0.1) is 17.2 Å². The van der Waals surface area contributed by atoms with Crippen LogP contribution in [0.25, 0.3) is 0 Å². The van der Waals surface area contributed by atoms with Gasteiger partial charge < -0.3 is 5.32 Å². The predicted octanol–water partition coefficient (Wildman–Crippen LogP) is 2.54. The van der Waals surface area contributed by atoms with Crippen molar-refractivity contribution >= 4 is 0 Å². The highest BCUT2D eigenvalue weighted by Gasteiger charge is 2.09. The van der Waals surface area contributed by atoms with Crippen LogP contribution in [0.3, 0.4) is 0 Å². The lowest BCUT2D eigenvalue weighted by molar-refractivity contribution is 0.542. The van der Waals surface area contributed by atoms with Crippen molar-refractivity contribution in [1.29, 1.82) is 5.26 Å².